The summed E-state index contributed by atoms with van der Waals surface area (Å²) in [5.74, 6) is 0. The third-order valence-corrected chi connectivity index (χ3v) is 3.68. The molecule has 3 heteroatoms. The zero-order valence-electron chi connectivity index (χ0n) is 10.3. The first-order chi connectivity index (χ1) is 8.24. The van der Waals surface area contributed by atoms with Crippen molar-refractivity contribution in [2.24, 2.45) is 0 Å². The zero-order chi connectivity index (χ0) is 12.3. The van der Waals surface area contributed by atoms with Crippen molar-refractivity contribution < 1.29 is 10.2 Å². The lowest BCUT2D eigenvalue weighted by atomic mass is 10.1. The van der Waals surface area contributed by atoms with Crippen molar-refractivity contribution in [3.8, 4) is 0 Å². The predicted molar refractivity (Wildman–Crippen MR) is 67.7 cm³/mol. The van der Waals surface area contributed by atoms with Crippen molar-refractivity contribution >= 4 is 0 Å². The van der Waals surface area contributed by atoms with E-state index in [1.54, 1.807) is 0 Å². The van der Waals surface area contributed by atoms with Crippen LogP contribution in [-0.4, -0.2) is 40.4 Å². The van der Waals surface area contributed by atoms with E-state index in [4.69, 9.17) is 0 Å². The molecule has 1 aliphatic heterocycles. The van der Waals surface area contributed by atoms with Gasteiger partial charge in [-0.1, -0.05) is 29.8 Å². The minimum atomic E-state index is 0.183. The summed E-state index contributed by atoms with van der Waals surface area (Å²) in [6.07, 6.45) is 1.96. The zero-order valence-corrected chi connectivity index (χ0v) is 10.3. The van der Waals surface area contributed by atoms with E-state index in [9.17, 15) is 10.2 Å². The molecule has 1 aromatic carbocycles. The number of aliphatic hydroxyl groups is 2. The summed E-state index contributed by atoms with van der Waals surface area (Å²) >= 11 is 0. The standard InChI is InChI=1S/C14H21NO2/c1-11-2-4-12(5-3-11)8-15-13(9-16)6-7-14(15)10-17/h2-5,13-14,16-17H,6-10H2,1H3. The van der Waals surface area contributed by atoms with E-state index in [2.05, 4.69) is 36.1 Å². The average Bonchev–Trinajstić information content (AvgIpc) is 2.74. The first-order valence-electron chi connectivity index (χ1n) is 6.27. The summed E-state index contributed by atoms with van der Waals surface area (Å²) in [5, 5.41) is 18.7. The molecule has 17 heavy (non-hydrogen) atoms. The highest BCUT2D eigenvalue weighted by atomic mass is 16.3. The van der Waals surface area contributed by atoms with Crippen molar-refractivity contribution in [2.75, 3.05) is 13.2 Å². The largest absolute Gasteiger partial charge is 0.395 e. The van der Waals surface area contributed by atoms with E-state index < -0.39 is 0 Å². The average molecular weight is 235 g/mol. The van der Waals surface area contributed by atoms with Gasteiger partial charge in [0.25, 0.3) is 0 Å². The summed E-state index contributed by atoms with van der Waals surface area (Å²) in [6.45, 7) is 3.26. The Labute approximate surface area is 103 Å². The molecule has 1 aromatic rings. The van der Waals surface area contributed by atoms with Crippen LogP contribution in [0.5, 0.6) is 0 Å². The topological polar surface area (TPSA) is 43.7 Å². The monoisotopic (exact) mass is 235 g/mol. The van der Waals surface area contributed by atoms with Gasteiger partial charge in [-0.15, -0.1) is 0 Å². The van der Waals surface area contributed by atoms with Gasteiger partial charge in [-0.25, -0.2) is 0 Å². The molecular formula is C14H21NO2. The van der Waals surface area contributed by atoms with Crippen molar-refractivity contribution in [3.63, 3.8) is 0 Å². The van der Waals surface area contributed by atoms with Gasteiger partial charge in [-0.3, -0.25) is 4.90 Å². The van der Waals surface area contributed by atoms with Crippen molar-refractivity contribution in [1.29, 1.82) is 0 Å². The van der Waals surface area contributed by atoms with Crippen LogP contribution in [0, 0.1) is 6.92 Å². The second-order valence-corrected chi connectivity index (χ2v) is 4.91. The van der Waals surface area contributed by atoms with Crippen LogP contribution in [0.15, 0.2) is 24.3 Å². The minimum Gasteiger partial charge on any atom is -0.395 e. The molecule has 1 fully saturated rings. The molecule has 2 unspecified atom stereocenters. The highest BCUT2D eigenvalue weighted by molar-refractivity contribution is 5.21. The Bertz CT molecular complexity index is 338. The molecule has 0 radical (unpaired) electrons. The van der Waals surface area contributed by atoms with Gasteiger partial charge >= 0.3 is 0 Å². The minimum absolute atomic E-state index is 0.183. The molecule has 2 atom stereocenters. The van der Waals surface area contributed by atoms with Crippen LogP contribution >= 0.6 is 0 Å². The molecular weight excluding hydrogens is 214 g/mol. The van der Waals surface area contributed by atoms with Gasteiger partial charge in [0.1, 0.15) is 0 Å². The van der Waals surface area contributed by atoms with Crippen LogP contribution in [0.25, 0.3) is 0 Å². The van der Waals surface area contributed by atoms with Gasteiger partial charge in [0.15, 0.2) is 0 Å². The van der Waals surface area contributed by atoms with E-state index in [0.717, 1.165) is 19.4 Å². The molecule has 0 spiro atoms. The second-order valence-electron chi connectivity index (χ2n) is 4.91. The molecule has 2 rings (SSSR count). The summed E-state index contributed by atoms with van der Waals surface area (Å²) < 4.78 is 0. The lowest BCUT2D eigenvalue weighted by Crippen LogP contribution is -2.39. The fourth-order valence-electron chi connectivity index (χ4n) is 2.57. The predicted octanol–water partition coefficient (Wildman–Crippen LogP) is 1.31. The van der Waals surface area contributed by atoms with Crippen LogP contribution in [0.4, 0.5) is 0 Å². The number of benzene rings is 1. The van der Waals surface area contributed by atoms with Gasteiger partial charge in [-0.2, -0.15) is 0 Å². The maximum absolute atomic E-state index is 9.35. The van der Waals surface area contributed by atoms with Gasteiger partial charge in [-0.05, 0) is 25.3 Å². The Hall–Kier alpha value is -0.900. The fourth-order valence-corrected chi connectivity index (χ4v) is 2.57. The molecule has 2 N–H and O–H groups in total. The third kappa shape index (κ3) is 2.86. The second kappa shape index (κ2) is 5.63. The first-order valence-corrected chi connectivity index (χ1v) is 6.27. The van der Waals surface area contributed by atoms with E-state index in [-0.39, 0.29) is 25.3 Å². The van der Waals surface area contributed by atoms with E-state index in [1.165, 1.54) is 11.1 Å². The Morgan fingerprint density at radius 2 is 1.59 bits per heavy atom. The molecule has 3 nitrogen and oxygen atoms in total. The van der Waals surface area contributed by atoms with Crippen LogP contribution in [-0.2, 0) is 6.54 Å². The SMILES string of the molecule is Cc1ccc(CN2C(CO)CCC2CO)cc1. The Morgan fingerprint density at radius 1 is 1.06 bits per heavy atom. The number of nitrogens with zero attached hydrogens (tertiary/aromatic N) is 1. The number of hydrogen-bond donors (Lipinski definition) is 2. The smallest absolute Gasteiger partial charge is 0.0587 e. The Balaban J connectivity index is 2.07. The molecule has 1 saturated heterocycles. The first kappa shape index (κ1) is 12.6. The van der Waals surface area contributed by atoms with Crippen LogP contribution < -0.4 is 0 Å². The molecule has 0 bridgehead atoms. The normalized spacial score (nSPS) is 25.4. The van der Waals surface area contributed by atoms with Crippen molar-refractivity contribution in [2.45, 2.75) is 38.4 Å². The summed E-state index contributed by atoms with van der Waals surface area (Å²) in [6, 6.07) is 8.86. The summed E-state index contributed by atoms with van der Waals surface area (Å²) in [4.78, 5) is 2.23. The van der Waals surface area contributed by atoms with Gasteiger partial charge < -0.3 is 10.2 Å². The molecule has 0 saturated carbocycles. The molecule has 0 aromatic heterocycles. The summed E-state index contributed by atoms with van der Waals surface area (Å²) in [5.41, 5.74) is 2.50. The Kier molecular flexibility index (Phi) is 4.15. The number of likely N-dealkylation sites (tertiary alicyclic amines) is 1. The highest BCUT2D eigenvalue weighted by Gasteiger charge is 2.32. The van der Waals surface area contributed by atoms with E-state index in [1.807, 2.05) is 0 Å². The number of aryl methyl sites for hydroxylation is 1. The summed E-state index contributed by atoms with van der Waals surface area (Å²) in [7, 11) is 0. The van der Waals surface area contributed by atoms with Crippen molar-refractivity contribution in [1.82, 2.24) is 4.90 Å². The molecule has 94 valence electrons. The lowest BCUT2D eigenvalue weighted by molar-refractivity contribution is 0.0903. The maximum Gasteiger partial charge on any atom is 0.0587 e. The van der Waals surface area contributed by atoms with Crippen LogP contribution in [0.2, 0.25) is 0 Å². The van der Waals surface area contributed by atoms with Crippen molar-refractivity contribution in [3.05, 3.63) is 35.4 Å². The van der Waals surface area contributed by atoms with Gasteiger partial charge in [0.2, 0.25) is 0 Å². The molecule has 1 heterocycles. The maximum atomic E-state index is 9.35. The van der Waals surface area contributed by atoms with Crippen LogP contribution in [0.3, 0.4) is 0 Å². The third-order valence-electron chi connectivity index (χ3n) is 3.68. The molecule has 0 aliphatic carbocycles. The number of aliphatic hydroxyl groups excluding tert-OH is 2. The van der Waals surface area contributed by atoms with Crippen LogP contribution in [0.1, 0.15) is 24.0 Å². The fraction of sp³-hybridized carbons (Fsp3) is 0.571. The number of hydrogen-bond acceptors (Lipinski definition) is 3. The quantitative estimate of drug-likeness (QED) is 0.827. The number of rotatable bonds is 4. The van der Waals surface area contributed by atoms with E-state index in [0.29, 0.717) is 0 Å². The highest BCUT2D eigenvalue weighted by Crippen LogP contribution is 2.25. The van der Waals surface area contributed by atoms with E-state index >= 15 is 0 Å². The molecule has 0 amide bonds. The van der Waals surface area contributed by atoms with Gasteiger partial charge in [0.05, 0.1) is 13.2 Å². The molecule has 1 aliphatic rings. The Morgan fingerprint density at radius 3 is 2.06 bits per heavy atom. The lowest BCUT2D eigenvalue weighted by Gasteiger charge is -2.28. The van der Waals surface area contributed by atoms with Gasteiger partial charge in [0, 0.05) is 18.6 Å².